The molecule has 1 aliphatic rings. The number of pyridine rings is 2. The van der Waals surface area contributed by atoms with Gasteiger partial charge in [-0.1, -0.05) is 19.6 Å². The van der Waals surface area contributed by atoms with E-state index in [0.717, 1.165) is 47.7 Å². The van der Waals surface area contributed by atoms with Crippen LogP contribution in [0.5, 0.6) is 0 Å². The van der Waals surface area contributed by atoms with Gasteiger partial charge in [-0.2, -0.15) is 5.26 Å². The number of hydrogen-bond acceptors (Lipinski definition) is 5. The number of hydrogen-bond donors (Lipinski definition) is 0. The molecule has 29 heavy (non-hydrogen) atoms. The summed E-state index contributed by atoms with van der Waals surface area (Å²) in [4.78, 5) is 11.5. The number of nitriles is 1. The highest BCUT2D eigenvalue weighted by atomic mass is 28.3. The van der Waals surface area contributed by atoms with Gasteiger partial charge in [0.2, 0.25) is 0 Å². The first kappa shape index (κ1) is 19.9. The van der Waals surface area contributed by atoms with Crippen molar-refractivity contribution in [1.29, 1.82) is 5.26 Å². The molecule has 0 bridgehead atoms. The monoisotopic (exact) mass is 407 g/mol. The second-order valence-electron chi connectivity index (χ2n) is 9.05. The van der Waals surface area contributed by atoms with Crippen molar-refractivity contribution in [2.45, 2.75) is 51.7 Å². The van der Waals surface area contributed by atoms with E-state index in [9.17, 15) is 5.26 Å². The van der Waals surface area contributed by atoms with Gasteiger partial charge in [-0.15, -0.1) is 0 Å². The number of piperidine rings is 1. The molecular formula is C22H29N5OSi. The summed E-state index contributed by atoms with van der Waals surface area (Å²) >= 11 is 0. The predicted octanol–water partition coefficient (Wildman–Crippen LogP) is 4.76. The van der Waals surface area contributed by atoms with Crippen molar-refractivity contribution in [3.05, 3.63) is 30.2 Å². The van der Waals surface area contributed by atoms with Gasteiger partial charge in [-0.3, -0.25) is 4.57 Å². The van der Waals surface area contributed by atoms with Gasteiger partial charge in [0.05, 0.1) is 17.1 Å². The summed E-state index contributed by atoms with van der Waals surface area (Å²) in [6.45, 7) is 10.4. The summed E-state index contributed by atoms with van der Waals surface area (Å²) in [5, 5.41) is 11.5. The summed E-state index contributed by atoms with van der Waals surface area (Å²) in [5.74, 6) is 0. The molecule has 152 valence electrons. The Morgan fingerprint density at radius 3 is 2.69 bits per heavy atom. The van der Waals surface area contributed by atoms with Crippen molar-refractivity contribution < 1.29 is 4.74 Å². The van der Waals surface area contributed by atoms with E-state index in [1.54, 1.807) is 6.20 Å². The van der Waals surface area contributed by atoms with Crippen molar-refractivity contribution in [3.63, 3.8) is 0 Å². The Kier molecular flexibility index (Phi) is 5.57. The summed E-state index contributed by atoms with van der Waals surface area (Å²) < 4.78 is 8.17. The van der Waals surface area contributed by atoms with E-state index in [1.165, 1.54) is 24.9 Å². The molecule has 7 heteroatoms. The van der Waals surface area contributed by atoms with Crippen LogP contribution in [-0.2, 0) is 11.5 Å². The Hall–Kier alpha value is -2.43. The van der Waals surface area contributed by atoms with Crippen LogP contribution >= 0.6 is 0 Å². The zero-order valence-electron chi connectivity index (χ0n) is 17.6. The standard InChI is InChI=1S/C22H29N5OSi/c1-29(2,3)12-11-28-16-27-20-15-25-17(14-23)13-18(20)21-19(7-8-24-22(21)27)26-9-5-4-6-10-26/h7-8,13,15H,4-6,9-12,16H2,1-3H3. The Morgan fingerprint density at radius 1 is 1.17 bits per heavy atom. The van der Waals surface area contributed by atoms with Gasteiger partial charge in [-0.05, 0) is 37.4 Å². The van der Waals surface area contributed by atoms with Crippen LogP contribution in [0.2, 0.25) is 25.7 Å². The molecule has 4 rings (SSSR count). The van der Waals surface area contributed by atoms with E-state index in [2.05, 4.69) is 46.2 Å². The van der Waals surface area contributed by atoms with E-state index in [1.807, 2.05) is 12.3 Å². The molecule has 0 aromatic carbocycles. The lowest BCUT2D eigenvalue weighted by Crippen LogP contribution is -2.29. The second-order valence-corrected chi connectivity index (χ2v) is 14.7. The number of nitrogens with zero attached hydrogens (tertiary/aromatic N) is 5. The third-order valence-corrected chi connectivity index (χ3v) is 7.34. The number of ether oxygens (including phenoxy) is 1. The zero-order chi connectivity index (χ0) is 20.4. The number of anilines is 1. The molecule has 0 spiro atoms. The van der Waals surface area contributed by atoms with Gasteiger partial charge < -0.3 is 9.64 Å². The van der Waals surface area contributed by atoms with Crippen LogP contribution in [0.15, 0.2) is 24.5 Å². The lowest BCUT2D eigenvalue weighted by Gasteiger charge is -2.29. The van der Waals surface area contributed by atoms with Gasteiger partial charge in [0.15, 0.2) is 0 Å². The van der Waals surface area contributed by atoms with Gasteiger partial charge >= 0.3 is 0 Å². The van der Waals surface area contributed by atoms with E-state index in [0.29, 0.717) is 12.4 Å². The Balaban J connectivity index is 1.79. The molecule has 0 unspecified atom stereocenters. The first-order chi connectivity index (χ1) is 14.0. The van der Waals surface area contributed by atoms with Crippen molar-refractivity contribution in [3.8, 4) is 6.07 Å². The van der Waals surface area contributed by atoms with Crippen molar-refractivity contribution >= 4 is 35.7 Å². The summed E-state index contributed by atoms with van der Waals surface area (Å²) in [7, 11) is -1.14. The lowest BCUT2D eigenvalue weighted by molar-refractivity contribution is 0.0925. The Labute approximate surface area is 173 Å². The fraction of sp³-hybridized carbons (Fsp3) is 0.500. The normalized spacial score (nSPS) is 15.2. The maximum absolute atomic E-state index is 9.38. The maximum Gasteiger partial charge on any atom is 0.145 e. The lowest BCUT2D eigenvalue weighted by atomic mass is 10.1. The smallest absolute Gasteiger partial charge is 0.145 e. The fourth-order valence-corrected chi connectivity index (χ4v) is 4.76. The van der Waals surface area contributed by atoms with E-state index >= 15 is 0 Å². The molecule has 0 saturated carbocycles. The van der Waals surface area contributed by atoms with E-state index < -0.39 is 8.07 Å². The average Bonchev–Trinajstić information content (AvgIpc) is 3.04. The topological polar surface area (TPSA) is 67.0 Å². The van der Waals surface area contributed by atoms with Crippen molar-refractivity contribution in [2.75, 3.05) is 24.6 Å². The third kappa shape index (κ3) is 4.14. The van der Waals surface area contributed by atoms with Crippen molar-refractivity contribution in [2.24, 2.45) is 0 Å². The first-order valence-electron chi connectivity index (χ1n) is 10.5. The van der Waals surface area contributed by atoms with Gasteiger partial charge in [0.1, 0.15) is 24.1 Å². The molecule has 6 nitrogen and oxygen atoms in total. The SMILES string of the molecule is C[Si](C)(C)CCOCn1c2cnc(C#N)cc2c2c(N3CCCCC3)ccnc21. The summed E-state index contributed by atoms with van der Waals surface area (Å²) in [6, 6.07) is 7.31. The molecule has 0 amide bonds. The minimum atomic E-state index is -1.14. The second kappa shape index (κ2) is 8.13. The van der Waals surface area contributed by atoms with E-state index in [-0.39, 0.29) is 0 Å². The van der Waals surface area contributed by atoms with Crippen LogP contribution in [0.4, 0.5) is 5.69 Å². The highest BCUT2D eigenvalue weighted by Crippen LogP contribution is 2.36. The number of aromatic nitrogens is 3. The minimum absolute atomic E-state index is 0.435. The van der Waals surface area contributed by atoms with Crippen LogP contribution in [-0.4, -0.2) is 42.3 Å². The maximum atomic E-state index is 9.38. The molecule has 1 saturated heterocycles. The molecular weight excluding hydrogens is 378 g/mol. The Morgan fingerprint density at radius 2 is 1.97 bits per heavy atom. The van der Waals surface area contributed by atoms with Crippen LogP contribution < -0.4 is 4.90 Å². The van der Waals surface area contributed by atoms with Gasteiger partial charge in [-0.25, -0.2) is 9.97 Å². The molecule has 0 atom stereocenters. The molecule has 3 aromatic rings. The third-order valence-electron chi connectivity index (χ3n) is 5.64. The largest absolute Gasteiger partial charge is 0.371 e. The van der Waals surface area contributed by atoms with E-state index in [4.69, 9.17) is 9.72 Å². The molecule has 1 aliphatic heterocycles. The Bertz CT molecular complexity index is 1060. The molecule has 0 N–H and O–H groups in total. The number of rotatable bonds is 6. The average molecular weight is 408 g/mol. The summed E-state index contributed by atoms with van der Waals surface area (Å²) in [5.41, 5.74) is 3.53. The van der Waals surface area contributed by atoms with Crippen LogP contribution in [0.1, 0.15) is 25.0 Å². The predicted molar refractivity (Wildman–Crippen MR) is 120 cm³/mol. The van der Waals surface area contributed by atoms with Crippen LogP contribution in [0.25, 0.3) is 21.9 Å². The molecule has 4 heterocycles. The van der Waals surface area contributed by atoms with Crippen LogP contribution in [0.3, 0.4) is 0 Å². The van der Waals surface area contributed by atoms with Crippen LogP contribution in [0, 0.1) is 11.3 Å². The minimum Gasteiger partial charge on any atom is -0.371 e. The molecule has 3 aromatic heterocycles. The zero-order valence-corrected chi connectivity index (χ0v) is 18.6. The van der Waals surface area contributed by atoms with Crippen molar-refractivity contribution in [1.82, 2.24) is 14.5 Å². The molecule has 0 aliphatic carbocycles. The highest BCUT2D eigenvalue weighted by molar-refractivity contribution is 6.76. The number of fused-ring (bicyclic) bond motifs is 3. The van der Waals surface area contributed by atoms with Gasteiger partial charge in [0.25, 0.3) is 0 Å². The fourth-order valence-electron chi connectivity index (χ4n) is 4.01. The highest BCUT2D eigenvalue weighted by Gasteiger charge is 2.21. The molecule has 0 radical (unpaired) electrons. The molecule has 1 fully saturated rings. The summed E-state index contributed by atoms with van der Waals surface area (Å²) in [6.07, 6.45) is 7.40. The first-order valence-corrected chi connectivity index (χ1v) is 14.2. The van der Waals surface area contributed by atoms with Gasteiger partial charge in [0, 0.05) is 45.0 Å². The quantitative estimate of drug-likeness (QED) is 0.435.